The highest BCUT2D eigenvalue weighted by Crippen LogP contribution is 2.28. The predicted molar refractivity (Wildman–Crippen MR) is 50.5 cm³/mol. The zero-order valence-electron chi connectivity index (χ0n) is 7.85. The standard InChI is InChI=1S/C8H14N4O/c1-3-8(4-2)5(9)11-7(10)12-6(8)13/h3-4H2,1-2H3,(H4,9,10,11,12,13). The zero-order valence-corrected chi connectivity index (χ0v) is 7.85. The third-order valence-electron chi connectivity index (χ3n) is 2.60. The summed E-state index contributed by atoms with van der Waals surface area (Å²) in [6.07, 6.45) is 1.22. The third-order valence-corrected chi connectivity index (χ3v) is 2.60. The summed E-state index contributed by atoms with van der Waals surface area (Å²) in [6.45, 7) is 3.78. The lowest BCUT2D eigenvalue weighted by molar-refractivity contribution is -0.126. The number of amides is 1. The number of nitrogens with one attached hydrogen (secondary N) is 2. The minimum Gasteiger partial charge on any atom is -0.386 e. The topological polar surface area (TPSA) is 91.3 Å². The van der Waals surface area contributed by atoms with Crippen LogP contribution in [0.3, 0.4) is 0 Å². The number of amidine groups is 1. The van der Waals surface area contributed by atoms with Crippen molar-refractivity contribution in [2.75, 3.05) is 0 Å². The molecule has 1 aliphatic rings. The van der Waals surface area contributed by atoms with E-state index in [0.717, 1.165) is 0 Å². The summed E-state index contributed by atoms with van der Waals surface area (Å²) in [6, 6.07) is 0. The van der Waals surface area contributed by atoms with Crippen LogP contribution in [-0.2, 0) is 4.79 Å². The summed E-state index contributed by atoms with van der Waals surface area (Å²) in [7, 11) is 0. The van der Waals surface area contributed by atoms with E-state index in [9.17, 15) is 4.79 Å². The van der Waals surface area contributed by atoms with Gasteiger partial charge in [0.05, 0.1) is 0 Å². The van der Waals surface area contributed by atoms with E-state index in [1.54, 1.807) is 0 Å². The van der Waals surface area contributed by atoms with E-state index >= 15 is 0 Å². The van der Waals surface area contributed by atoms with Crippen LogP contribution in [-0.4, -0.2) is 17.7 Å². The maximum Gasteiger partial charge on any atom is 0.240 e. The van der Waals surface area contributed by atoms with Crippen LogP contribution in [0.2, 0.25) is 0 Å². The first kappa shape index (κ1) is 9.70. The molecular weight excluding hydrogens is 168 g/mol. The van der Waals surface area contributed by atoms with Gasteiger partial charge in [0.2, 0.25) is 11.9 Å². The second kappa shape index (κ2) is 3.16. The number of carbonyl (C=O) groups excluding carboxylic acids is 1. The smallest absolute Gasteiger partial charge is 0.240 e. The van der Waals surface area contributed by atoms with Crippen LogP contribution in [0.15, 0.2) is 4.99 Å². The Bertz CT molecular complexity index is 278. The fourth-order valence-electron chi connectivity index (χ4n) is 1.53. The molecule has 0 aromatic carbocycles. The summed E-state index contributed by atoms with van der Waals surface area (Å²) in [5.41, 5.74) is 4.96. The number of carbonyl (C=O) groups is 1. The SMILES string of the molecule is CCC1(CC)C(=O)NC(=N)N=C1N. The lowest BCUT2D eigenvalue weighted by Crippen LogP contribution is -2.54. The molecule has 0 bridgehead atoms. The maximum absolute atomic E-state index is 11.6. The van der Waals surface area contributed by atoms with E-state index < -0.39 is 5.41 Å². The first-order valence-electron chi connectivity index (χ1n) is 4.31. The van der Waals surface area contributed by atoms with Gasteiger partial charge in [0.25, 0.3) is 0 Å². The van der Waals surface area contributed by atoms with Gasteiger partial charge in [0, 0.05) is 0 Å². The molecule has 0 aromatic heterocycles. The van der Waals surface area contributed by atoms with E-state index in [2.05, 4.69) is 10.3 Å². The largest absolute Gasteiger partial charge is 0.386 e. The predicted octanol–water partition coefficient (Wildman–Crippen LogP) is 0.215. The molecule has 0 aromatic rings. The number of aliphatic imine (C=N–C) groups is 1. The summed E-state index contributed by atoms with van der Waals surface area (Å²) in [4.78, 5) is 15.4. The summed E-state index contributed by atoms with van der Waals surface area (Å²) in [5.74, 6) is -0.124. The second-order valence-corrected chi connectivity index (χ2v) is 3.09. The fraction of sp³-hybridized carbons (Fsp3) is 0.625. The van der Waals surface area contributed by atoms with E-state index in [1.165, 1.54) is 0 Å². The minimum atomic E-state index is -0.704. The Morgan fingerprint density at radius 2 is 2.08 bits per heavy atom. The van der Waals surface area contributed by atoms with E-state index in [-0.39, 0.29) is 17.7 Å². The molecule has 1 rings (SSSR count). The van der Waals surface area contributed by atoms with Gasteiger partial charge in [-0.25, -0.2) is 0 Å². The number of hydrogen-bond donors (Lipinski definition) is 3. The first-order valence-corrected chi connectivity index (χ1v) is 4.31. The van der Waals surface area contributed by atoms with Gasteiger partial charge in [-0.05, 0) is 12.8 Å². The van der Waals surface area contributed by atoms with Crippen molar-refractivity contribution < 1.29 is 4.79 Å². The van der Waals surface area contributed by atoms with Crippen LogP contribution in [0.1, 0.15) is 26.7 Å². The monoisotopic (exact) mass is 182 g/mol. The molecule has 0 unspecified atom stereocenters. The fourth-order valence-corrected chi connectivity index (χ4v) is 1.53. The molecule has 1 amide bonds. The van der Waals surface area contributed by atoms with Crippen molar-refractivity contribution in [3.63, 3.8) is 0 Å². The van der Waals surface area contributed by atoms with Crippen molar-refractivity contribution in [1.82, 2.24) is 5.32 Å². The van der Waals surface area contributed by atoms with Gasteiger partial charge in [0.15, 0.2) is 0 Å². The summed E-state index contributed by atoms with van der Waals surface area (Å²) >= 11 is 0. The molecule has 1 heterocycles. The Morgan fingerprint density at radius 1 is 1.54 bits per heavy atom. The average molecular weight is 182 g/mol. The molecule has 1 aliphatic heterocycles. The molecular formula is C8H14N4O. The third kappa shape index (κ3) is 1.30. The molecule has 72 valence electrons. The van der Waals surface area contributed by atoms with Crippen molar-refractivity contribution in [1.29, 1.82) is 5.41 Å². The van der Waals surface area contributed by atoms with E-state index in [0.29, 0.717) is 12.8 Å². The average Bonchev–Trinajstić information content (AvgIpc) is 2.05. The molecule has 0 spiro atoms. The number of guanidine groups is 1. The van der Waals surface area contributed by atoms with Gasteiger partial charge >= 0.3 is 0 Å². The van der Waals surface area contributed by atoms with Gasteiger partial charge in [-0.3, -0.25) is 15.5 Å². The van der Waals surface area contributed by atoms with Crippen molar-refractivity contribution in [3.05, 3.63) is 0 Å². The van der Waals surface area contributed by atoms with Crippen LogP contribution in [0.25, 0.3) is 0 Å². The Kier molecular flexibility index (Phi) is 2.36. The molecule has 0 saturated heterocycles. The van der Waals surface area contributed by atoms with Gasteiger partial charge in [-0.15, -0.1) is 0 Å². The molecule has 0 fully saturated rings. The van der Waals surface area contributed by atoms with Crippen molar-refractivity contribution >= 4 is 17.7 Å². The Balaban J connectivity index is 3.14. The van der Waals surface area contributed by atoms with E-state index in [1.807, 2.05) is 13.8 Å². The number of rotatable bonds is 2. The number of nitrogens with zero attached hydrogens (tertiary/aromatic N) is 1. The summed E-state index contributed by atoms with van der Waals surface area (Å²) in [5, 5.41) is 9.56. The Morgan fingerprint density at radius 3 is 2.46 bits per heavy atom. The van der Waals surface area contributed by atoms with Crippen LogP contribution in [0.4, 0.5) is 0 Å². The molecule has 0 atom stereocenters. The number of nitrogens with two attached hydrogens (primary N) is 1. The van der Waals surface area contributed by atoms with Crippen LogP contribution >= 0.6 is 0 Å². The molecule has 5 heteroatoms. The van der Waals surface area contributed by atoms with E-state index in [4.69, 9.17) is 11.1 Å². The quantitative estimate of drug-likeness (QED) is 0.569. The van der Waals surface area contributed by atoms with Gasteiger partial charge in [0.1, 0.15) is 11.3 Å². The van der Waals surface area contributed by atoms with Crippen LogP contribution < -0.4 is 11.1 Å². The second-order valence-electron chi connectivity index (χ2n) is 3.09. The molecule has 4 N–H and O–H groups in total. The van der Waals surface area contributed by atoms with Gasteiger partial charge in [-0.2, -0.15) is 4.99 Å². The van der Waals surface area contributed by atoms with Crippen LogP contribution in [0, 0.1) is 10.8 Å². The first-order chi connectivity index (χ1) is 6.06. The maximum atomic E-state index is 11.6. The number of hydrogen-bond acceptors (Lipinski definition) is 3. The molecule has 0 radical (unpaired) electrons. The minimum absolute atomic E-state index is 0.167. The molecule has 0 aliphatic carbocycles. The highest BCUT2D eigenvalue weighted by molar-refractivity contribution is 6.18. The highest BCUT2D eigenvalue weighted by atomic mass is 16.2. The normalized spacial score (nSPS) is 20.9. The molecule has 5 nitrogen and oxygen atoms in total. The lowest BCUT2D eigenvalue weighted by Gasteiger charge is -2.32. The Hall–Kier alpha value is -1.39. The Labute approximate surface area is 76.9 Å². The zero-order chi connectivity index (χ0) is 10.1. The highest BCUT2D eigenvalue weighted by Gasteiger charge is 2.42. The van der Waals surface area contributed by atoms with Gasteiger partial charge in [-0.1, -0.05) is 13.8 Å². The molecule has 0 saturated carbocycles. The lowest BCUT2D eigenvalue weighted by atomic mass is 9.79. The van der Waals surface area contributed by atoms with Crippen molar-refractivity contribution in [3.8, 4) is 0 Å². The summed E-state index contributed by atoms with van der Waals surface area (Å²) < 4.78 is 0. The van der Waals surface area contributed by atoms with Crippen molar-refractivity contribution in [2.45, 2.75) is 26.7 Å². The van der Waals surface area contributed by atoms with Crippen molar-refractivity contribution in [2.24, 2.45) is 16.1 Å². The van der Waals surface area contributed by atoms with Crippen LogP contribution in [0.5, 0.6) is 0 Å². The molecule has 13 heavy (non-hydrogen) atoms. The van der Waals surface area contributed by atoms with Gasteiger partial charge < -0.3 is 5.73 Å².